The van der Waals surface area contributed by atoms with Crippen molar-refractivity contribution in [3.8, 4) is 22.1 Å². The normalized spacial score (nSPS) is 12.4. The summed E-state index contributed by atoms with van der Waals surface area (Å²) in [4.78, 5) is 24.1. The molecule has 0 bridgehead atoms. The third-order valence-corrected chi connectivity index (χ3v) is 5.94. The van der Waals surface area contributed by atoms with Gasteiger partial charge in [-0.25, -0.2) is 9.97 Å². The zero-order chi connectivity index (χ0) is 21.4. The molecule has 0 atom stereocenters. The van der Waals surface area contributed by atoms with Crippen LogP contribution in [0.4, 0.5) is 0 Å². The van der Waals surface area contributed by atoms with Crippen LogP contribution in [0.3, 0.4) is 0 Å². The number of aliphatic imine (C=N–C) groups is 1. The number of thiophene rings is 1. The monoisotopic (exact) mass is 425 g/mol. The summed E-state index contributed by atoms with van der Waals surface area (Å²) in [6.45, 7) is 7.67. The molecule has 2 N–H and O–H groups in total. The molecule has 5 rings (SSSR count). The number of nitrogens with zero attached hydrogens (tertiary/aromatic N) is 5. The molecule has 0 spiro atoms. The van der Waals surface area contributed by atoms with Crippen LogP contribution in [0.5, 0.6) is 0 Å². The second-order valence-corrected chi connectivity index (χ2v) is 8.21. The zero-order valence-corrected chi connectivity index (χ0v) is 17.9. The van der Waals surface area contributed by atoms with Crippen LogP contribution >= 0.6 is 11.3 Å². The number of pyridine rings is 2. The van der Waals surface area contributed by atoms with E-state index in [-0.39, 0.29) is 0 Å². The van der Waals surface area contributed by atoms with E-state index in [0.29, 0.717) is 11.5 Å². The molecule has 8 heteroatoms. The summed E-state index contributed by atoms with van der Waals surface area (Å²) < 4.78 is 0. The molecule has 0 saturated carbocycles. The molecule has 0 aliphatic heterocycles. The Labute approximate surface area is 182 Å². The predicted molar refractivity (Wildman–Crippen MR) is 127 cm³/mol. The van der Waals surface area contributed by atoms with E-state index < -0.39 is 0 Å². The number of imidazole rings is 1. The molecule has 5 aromatic rings. The molecule has 0 unspecified atom stereocenters. The van der Waals surface area contributed by atoms with Crippen molar-refractivity contribution in [3.05, 3.63) is 66.0 Å². The lowest BCUT2D eigenvalue weighted by Gasteiger charge is -2.01. The first-order valence-corrected chi connectivity index (χ1v) is 10.6. The first kappa shape index (κ1) is 19.1. The molecule has 0 amide bonds. The Balaban J connectivity index is 1.65. The van der Waals surface area contributed by atoms with E-state index in [1.54, 1.807) is 23.7 Å². The fourth-order valence-electron chi connectivity index (χ4n) is 3.44. The van der Waals surface area contributed by atoms with Gasteiger partial charge in [-0.3, -0.25) is 15.1 Å². The Bertz CT molecular complexity index is 1480. The van der Waals surface area contributed by atoms with Crippen LogP contribution in [0.1, 0.15) is 17.5 Å². The number of hydrogen-bond acceptors (Lipinski definition) is 6. The highest BCUT2D eigenvalue weighted by Gasteiger charge is 2.17. The van der Waals surface area contributed by atoms with Crippen molar-refractivity contribution < 1.29 is 0 Å². The van der Waals surface area contributed by atoms with Crippen LogP contribution in [-0.2, 0) is 0 Å². The van der Waals surface area contributed by atoms with Crippen molar-refractivity contribution in [3.63, 3.8) is 0 Å². The van der Waals surface area contributed by atoms with Gasteiger partial charge < -0.3 is 4.98 Å². The molecule has 0 aliphatic rings. The van der Waals surface area contributed by atoms with Gasteiger partial charge in [0.1, 0.15) is 16.7 Å². The van der Waals surface area contributed by atoms with Gasteiger partial charge in [0.05, 0.1) is 21.6 Å². The van der Waals surface area contributed by atoms with Crippen LogP contribution < -0.4 is 0 Å². The third kappa shape index (κ3) is 3.36. The van der Waals surface area contributed by atoms with Gasteiger partial charge in [-0.1, -0.05) is 12.7 Å². The number of aromatic nitrogens is 6. The van der Waals surface area contributed by atoms with Gasteiger partial charge in [0.2, 0.25) is 0 Å². The Morgan fingerprint density at radius 3 is 2.71 bits per heavy atom. The lowest BCUT2D eigenvalue weighted by molar-refractivity contribution is 1.10. The Morgan fingerprint density at radius 2 is 1.94 bits per heavy atom. The average molecular weight is 426 g/mol. The number of fused-ring (bicyclic) bond motifs is 2. The van der Waals surface area contributed by atoms with Crippen molar-refractivity contribution >= 4 is 45.2 Å². The Hall–Kier alpha value is -3.91. The van der Waals surface area contributed by atoms with E-state index in [4.69, 9.17) is 9.97 Å². The highest BCUT2D eigenvalue weighted by atomic mass is 32.1. The lowest BCUT2D eigenvalue weighted by atomic mass is 10.1. The minimum atomic E-state index is 0.648. The van der Waals surface area contributed by atoms with E-state index in [2.05, 4.69) is 50.8 Å². The molecular formula is C23H19N7S. The maximum Gasteiger partial charge on any atom is 0.161 e. The Morgan fingerprint density at radius 1 is 1.06 bits per heavy atom. The number of aromatic amines is 2. The third-order valence-electron chi connectivity index (χ3n) is 4.93. The molecule has 0 aromatic carbocycles. The van der Waals surface area contributed by atoms with Gasteiger partial charge in [-0.15, -0.1) is 11.3 Å². The van der Waals surface area contributed by atoms with E-state index >= 15 is 0 Å². The summed E-state index contributed by atoms with van der Waals surface area (Å²) in [5, 5.41) is 7.54. The van der Waals surface area contributed by atoms with Crippen molar-refractivity contribution in [1.29, 1.82) is 0 Å². The zero-order valence-electron chi connectivity index (χ0n) is 17.0. The van der Waals surface area contributed by atoms with Crippen LogP contribution in [0.2, 0.25) is 0 Å². The van der Waals surface area contributed by atoms with Crippen molar-refractivity contribution in [2.75, 3.05) is 0 Å². The van der Waals surface area contributed by atoms with Gasteiger partial charge in [-0.05, 0) is 44.2 Å². The highest BCUT2D eigenvalue weighted by Crippen LogP contribution is 2.33. The fourth-order valence-corrected chi connectivity index (χ4v) is 4.30. The second-order valence-electron chi connectivity index (χ2n) is 6.92. The summed E-state index contributed by atoms with van der Waals surface area (Å²) in [7, 11) is 0. The van der Waals surface area contributed by atoms with Gasteiger partial charge in [0.25, 0.3) is 0 Å². The number of aryl methyl sites for hydroxylation is 1. The Kier molecular flexibility index (Phi) is 4.76. The highest BCUT2D eigenvalue weighted by molar-refractivity contribution is 7.15. The first-order chi connectivity index (χ1) is 15.2. The largest absolute Gasteiger partial charge is 0.336 e. The van der Waals surface area contributed by atoms with Crippen LogP contribution in [0.15, 0.2) is 60.4 Å². The number of nitrogens with one attached hydrogen (secondary N) is 2. The molecule has 0 radical (unpaired) electrons. The average Bonchev–Trinajstić information content (AvgIpc) is 3.51. The number of allylic oxidation sites excluding steroid dienone is 2. The van der Waals surface area contributed by atoms with Gasteiger partial charge >= 0.3 is 0 Å². The minimum Gasteiger partial charge on any atom is -0.336 e. The van der Waals surface area contributed by atoms with E-state index in [0.717, 1.165) is 43.9 Å². The van der Waals surface area contributed by atoms with E-state index in [1.165, 1.54) is 11.1 Å². The molecule has 5 aromatic heterocycles. The number of hydrogen-bond donors (Lipinski definition) is 2. The topological polar surface area (TPSA) is 95.5 Å². The van der Waals surface area contributed by atoms with Gasteiger partial charge in [-0.2, -0.15) is 5.10 Å². The quantitative estimate of drug-likeness (QED) is 0.361. The van der Waals surface area contributed by atoms with Gasteiger partial charge in [0.15, 0.2) is 11.5 Å². The number of H-pyrrole nitrogens is 2. The first-order valence-electron chi connectivity index (χ1n) is 9.75. The molecule has 7 nitrogen and oxygen atoms in total. The summed E-state index contributed by atoms with van der Waals surface area (Å²) in [6.07, 6.45) is 7.00. The lowest BCUT2D eigenvalue weighted by Crippen LogP contribution is -1.92. The SMILES string of the molecule is C=CN=C/C(=C\C)c1ccc2[nH]nc(-c3nc4c(-c5ccc(C)s5)nccc4[nH]3)c2n1. The fraction of sp³-hybridized carbons (Fsp3) is 0.0870. The van der Waals surface area contributed by atoms with Crippen LogP contribution in [-0.4, -0.2) is 36.3 Å². The number of rotatable bonds is 5. The van der Waals surface area contributed by atoms with Crippen LogP contribution in [0, 0.1) is 6.92 Å². The minimum absolute atomic E-state index is 0.648. The van der Waals surface area contributed by atoms with E-state index in [1.807, 2.05) is 31.2 Å². The summed E-state index contributed by atoms with van der Waals surface area (Å²) in [6, 6.07) is 10.00. The second kappa shape index (κ2) is 7.73. The molecule has 31 heavy (non-hydrogen) atoms. The maximum absolute atomic E-state index is 4.85. The smallest absolute Gasteiger partial charge is 0.161 e. The summed E-state index contributed by atoms with van der Waals surface area (Å²) in [5.41, 5.74) is 6.53. The molecule has 152 valence electrons. The van der Waals surface area contributed by atoms with Crippen LogP contribution in [0.25, 0.3) is 49.7 Å². The predicted octanol–water partition coefficient (Wildman–Crippen LogP) is 5.55. The summed E-state index contributed by atoms with van der Waals surface area (Å²) in [5.74, 6) is 0.648. The molecule has 5 heterocycles. The molecule has 0 fully saturated rings. The molecule has 0 aliphatic carbocycles. The van der Waals surface area contributed by atoms with Crippen molar-refractivity contribution in [1.82, 2.24) is 30.1 Å². The summed E-state index contributed by atoms with van der Waals surface area (Å²) >= 11 is 1.70. The molecular weight excluding hydrogens is 406 g/mol. The standard InChI is InChI=1S/C23H19N7S/c1-4-14(12-24-5-2)15-7-8-17-20(26-15)22(30-29-17)23-27-16-10-11-25-21(19(16)28-23)18-9-6-13(3)31-18/h4-12H,2H2,1,3H3,(H,27,28)(H,29,30)/b14-4+,24-12?. The van der Waals surface area contributed by atoms with Crippen molar-refractivity contribution in [2.45, 2.75) is 13.8 Å². The molecule has 0 saturated heterocycles. The van der Waals surface area contributed by atoms with Crippen molar-refractivity contribution in [2.24, 2.45) is 4.99 Å². The van der Waals surface area contributed by atoms with E-state index in [9.17, 15) is 0 Å². The maximum atomic E-state index is 4.85. The van der Waals surface area contributed by atoms with Gasteiger partial charge in [0, 0.05) is 29.1 Å².